The molecule has 142 valence electrons. The Labute approximate surface area is 149 Å². The van der Waals surface area contributed by atoms with Crippen molar-refractivity contribution < 1.29 is 22.8 Å². The summed E-state index contributed by atoms with van der Waals surface area (Å²) in [6.07, 6.45) is -2.30. The van der Waals surface area contributed by atoms with Crippen molar-refractivity contribution in [2.75, 3.05) is 0 Å². The van der Waals surface area contributed by atoms with Crippen LogP contribution < -0.4 is 16.8 Å². The Kier molecular flexibility index (Phi) is 4.50. The first kappa shape index (κ1) is 18.7. The summed E-state index contributed by atoms with van der Waals surface area (Å²) >= 11 is 0. The van der Waals surface area contributed by atoms with Crippen molar-refractivity contribution >= 4 is 11.8 Å². The summed E-state index contributed by atoms with van der Waals surface area (Å²) in [6, 6.07) is 4.40. The first-order chi connectivity index (χ1) is 12.0. The molecule has 8 heteroatoms. The third kappa shape index (κ3) is 3.18. The molecule has 2 aliphatic rings. The van der Waals surface area contributed by atoms with Crippen LogP contribution in [0.1, 0.15) is 37.3 Å². The minimum atomic E-state index is -4.56. The smallest absolute Gasteiger partial charge is 0.367 e. The van der Waals surface area contributed by atoms with Gasteiger partial charge in [0.05, 0.1) is 5.56 Å². The zero-order chi connectivity index (χ0) is 19.3. The summed E-state index contributed by atoms with van der Waals surface area (Å²) in [5, 5.41) is 2.61. The number of rotatable bonds is 4. The van der Waals surface area contributed by atoms with Gasteiger partial charge < -0.3 is 16.8 Å². The quantitative estimate of drug-likeness (QED) is 0.756. The molecule has 5 atom stereocenters. The topological polar surface area (TPSA) is 98.2 Å². The second-order valence-corrected chi connectivity index (χ2v) is 7.55. The van der Waals surface area contributed by atoms with Crippen LogP contribution in [0.5, 0.6) is 0 Å². The van der Waals surface area contributed by atoms with Crippen LogP contribution in [-0.4, -0.2) is 17.9 Å². The van der Waals surface area contributed by atoms with Crippen LogP contribution >= 0.6 is 0 Å². The molecule has 2 amide bonds. The lowest BCUT2D eigenvalue weighted by molar-refractivity contribution is -0.138. The number of hydrogen-bond acceptors (Lipinski definition) is 3. The summed E-state index contributed by atoms with van der Waals surface area (Å²) in [7, 11) is 0. The average molecular weight is 369 g/mol. The highest BCUT2D eigenvalue weighted by molar-refractivity contribution is 5.92. The van der Waals surface area contributed by atoms with Gasteiger partial charge in [0.2, 0.25) is 11.8 Å². The minimum absolute atomic E-state index is 0.00744. The van der Waals surface area contributed by atoms with Crippen LogP contribution in [0.25, 0.3) is 0 Å². The molecular formula is C18H22F3N3O2. The number of benzene rings is 1. The zero-order valence-electron chi connectivity index (χ0n) is 14.3. The van der Waals surface area contributed by atoms with E-state index in [0.29, 0.717) is 6.42 Å². The maximum Gasteiger partial charge on any atom is 0.416 e. The van der Waals surface area contributed by atoms with Gasteiger partial charge in [-0.3, -0.25) is 9.59 Å². The molecule has 5 nitrogen and oxygen atoms in total. The summed E-state index contributed by atoms with van der Waals surface area (Å²) in [5.41, 5.74) is 8.83. The lowest BCUT2D eigenvalue weighted by Gasteiger charge is -2.32. The molecule has 0 spiro atoms. The van der Waals surface area contributed by atoms with Gasteiger partial charge in [0, 0.05) is 12.0 Å². The lowest BCUT2D eigenvalue weighted by Crippen LogP contribution is -2.55. The van der Waals surface area contributed by atoms with Crippen LogP contribution in [0.2, 0.25) is 0 Å². The molecule has 0 heterocycles. The van der Waals surface area contributed by atoms with Crippen molar-refractivity contribution in [2.24, 2.45) is 29.2 Å². The second kappa shape index (κ2) is 6.26. The highest BCUT2D eigenvalue weighted by Crippen LogP contribution is 2.48. The fraction of sp³-hybridized carbons (Fsp3) is 0.556. The van der Waals surface area contributed by atoms with Crippen LogP contribution in [-0.2, 0) is 21.3 Å². The monoisotopic (exact) mass is 369 g/mol. The number of halogens is 3. The number of hydrogen-bond donors (Lipinski definition) is 3. The van der Waals surface area contributed by atoms with E-state index in [1.807, 2.05) is 0 Å². The highest BCUT2D eigenvalue weighted by Gasteiger charge is 2.49. The van der Waals surface area contributed by atoms with Gasteiger partial charge in [-0.25, -0.2) is 0 Å². The van der Waals surface area contributed by atoms with Gasteiger partial charge in [-0.2, -0.15) is 13.2 Å². The molecule has 5 N–H and O–H groups in total. The molecule has 0 radical (unpaired) electrons. The molecule has 2 fully saturated rings. The van der Waals surface area contributed by atoms with Crippen LogP contribution in [0.15, 0.2) is 24.3 Å². The van der Waals surface area contributed by atoms with E-state index in [-0.39, 0.29) is 35.3 Å². The van der Waals surface area contributed by atoms with E-state index in [0.717, 1.165) is 25.0 Å². The number of amides is 2. The Morgan fingerprint density at radius 1 is 1.12 bits per heavy atom. The van der Waals surface area contributed by atoms with E-state index in [1.165, 1.54) is 19.1 Å². The maximum atomic E-state index is 13.0. The van der Waals surface area contributed by atoms with E-state index < -0.39 is 23.2 Å². The Morgan fingerprint density at radius 3 is 2.27 bits per heavy atom. The summed E-state index contributed by atoms with van der Waals surface area (Å²) in [6.45, 7) is 1.33. The summed E-state index contributed by atoms with van der Waals surface area (Å²) in [5.74, 6) is -1.13. The SMILES string of the molecule is CC(NC(=O)[C@@H]1C[C@H]2C[C@@H]1C[C@H]2N)(C(N)=O)c1cccc(C(F)(F)F)c1. The fourth-order valence-electron chi connectivity index (χ4n) is 4.26. The predicted molar refractivity (Wildman–Crippen MR) is 88.4 cm³/mol. The molecule has 1 unspecified atom stereocenters. The van der Waals surface area contributed by atoms with Gasteiger partial charge in [-0.1, -0.05) is 12.1 Å². The number of carbonyl (C=O) groups excluding carboxylic acids is 2. The van der Waals surface area contributed by atoms with Gasteiger partial charge in [0.25, 0.3) is 0 Å². The lowest BCUT2D eigenvalue weighted by atomic mass is 9.83. The van der Waals surface area contributed by atoms with Crippen molar-refractivity contribution in [1.82, 2.24) is 5.32 Å². The van der Waals surface area contributed by atoms with E-state index in [1.54, 1.807) is 0 Å². The fourth-order valence-corrected chi connectivity index (χ4v) is 4.26. The van der Waals surface area contributed by atoms with E-state index >= 15 is 0 Å². The zero-order valence-corrected chi connectivity index (χ0v) is 14.3. The first-order valence-electron chi connectivity index (χ1n) is 8.57. The third-order valence-electron chi connectivity index (χ3n) is 5.88. The van der Waals surface area contributed by atoms with Crippen molar-refractivity contribution in [1.29, 1.82) is 0 Å². The molecular weight excluding hydrogens is 347 g/mol. The number of alkyl halides is 3. The predicted octanol–water partition coefficient (Wildman–Crippen LogP) is 1.90. The van der Waals surface area contributed by atoms with Crippen LogP contribution in [0, 0.1) is 17.8 Å². The molecule has 2 aliphatic carbocycles. The van der Waals surface area contributed by atoms with E-state index in [4.69, 9.17) is 11.5 Å². The third-order valence-corrected chi connectivity index (χ3v) is 5.88. The number of nitrogens with one attached hydrogen (secondary N) is 1. The summed E-state index contributed by atoms with van der Waals surface area (Å²) in [4.78, 5) is 24.8. The van der Waals surface area contributed by atoms with Gasteiger partial charge >= 0.3 is 6.18 Å². The second-order valence-electron chi connectivity index (χ2n) is 7.55. The standard InChI is InChI=1S/C18H22F3N3O2/c1-17(16(23)26,11-3-2-4-12(8-11)18(19,20)21)24-15(25)13-6-10-5-9(13)7-14(10)22/h2-4,8-10,13-14H,5-7,22H2,1H3,(H2,23,26)(H,24,25)/t9-,10-,13-,14-,17?/m1/s1. The van der Waals surface area contributed by atoms with Crippen LogP contribution in [0.4, 0.5) is 13.2 Å². The van der Waals surface area contributed by atoms with Gasteiger partial charge in [0.15, 0.2) is 0 Å². The van der Waals surface area contributed by atoms with Crippen molar-refractivity contribution in [3.8, 4) is 0 Å². The van der Waals surface area contributed by atoms with Crippen molar-refractivity contribution in [2.45, 2.75) is 43.9 Å². The molecule has 2 saturated carbocycles. The maximum absolute atomic E-state index is 13.0. The van der Waals surface area contributed by atoms with Crippen molar-refractivity contribution in [3.05, 3.63) is 35.4 Å². The molecule has 2 bridgehead atoms. The Balaban J connectivity index is 1.85. The number of carbonyl (C=O) groups is 2. The molecule has 0 aromatic heterocycles. The molecule has 26 heavy (non-hydrogen) atoms. The molecule has 0 aliphatic heterocycles. The largest absolute Gasteiger partial charge is 0.416 e. The normalized spacial score (nSPS) is 30.0. The Morgan fingerprint density at radius 2 is 1.77 bits per heavy atom. The van der Waals surface area contributed by atoms with E-state index in [9.17, 15) is 22.8 Å². The number of primary amides is 1. The molecule has 1 aromatic carbocycles. The molecule has 0 saturated heterocycles. The van der Waals surface area contributed by atoms with E-state index in [2.05, 4.69) is 5.32 Å². The van der Waals surface area contributed by atoms with Gasteiger partial charge in [-0.05, 0) is 55.7 Å². The average Bonchev–Trinajstić information content (AvgIpc) is 3.13. The van der Waals surface area contributed by atoms with Crippen molar-refractivity contribution in [3.63, 3.8) is 0 Å². The first-order valence-corrected chi connectivity index (χ1v) is 8.57. The molecule has 1 aromatic rings. The van der Waals surface area contributed by atoms with Gasteiger partial charge in [-0.15, -0.1) is 0 Å². The van der Waals surface area contributed by atoms with Crippen LogP contribution in [0.3, 0.4) is 0 Å². The Bertz CT molecular complexity index is 735. The summed E-state index contributed by atoms with van der Waals surface area (Å²) < 4.78 is 39.0. The van der Waals surface area contributed by atoms with Gasteiger partial charge in [0.1, 0.15) is 5.54 Å². The molecule has 3 rings (SSSR count). The Hall–Kier alpha value is -2.09. The highest BCUT2D eigenvalue weighted by atomic mass is 19.4. The number of fused-ring (bicyclic) bond motifs is 2. The minimum Gasteiger partial charge on any atom is -0.367 e. The number of nitrogens with two attached hydrogens (primary N) is 2.